The third-order valence-electron chi connectivity index (χ3n) is 3.97. The molecule has 0 saturated carbocycles. The van der Waals surface area contributed by atoms with Crippen LogP contribution in [0.5, 0.6) is 0 Å². The molecule has 1 saturated heterocycles. The van der Waals surface area contributed by atoms with Crippen LogP contribution in [-0.2, 0) is 14.8 Å². The number of benzene rings is 1. The lowest BCUT2D eigenvalue weighted by atomic mass is 10.1. The molecule has 1 aromatic carbocycles. The minimum absolute atomic E-state index is 0.198. The van der Waals surface area contributed by atoms with Gasteiger partial charge < -0.3 is 9.84 Å². The minimum atomic E-state index is -3.63. The highest BCUT2D eigenvalue weighted by Gasteiger charge is 2.37. The number of anilines is 1. The minimum Gasteiger partial charge on any atom is -0.361 e. The predicted molar refractivity (Wildman–Crippen MR) is 87.9 cm³/mol. The Morgan fingerprint density at radius 2 is 2.04 bits per heavy atom. The van der Waals surface area contributed by atoms with Gasteiger partial charge >= 0.3 is 0 Å². The van der Waals surface area contributed by atoms with Crippen LogP contribution in [0.25, 0.3) is 0 Å². The second-order valence-corrected chi connectivity index (χ2v) is 7.73. The molecule has 1 N–H and O–H groups in total. The molecule has 8 heteroatoms. The van der Waals surface area contributed by atoms with Gasteiger partial charge in [-0.2, -0.15) is 4.31 Å². The fourth-order valence-electron chi connectivity index (χ4n) is 2.91. The Labute approximate surface area is 140 Å². The maximum absolute atomic E-state index is 12.9. The molecule has 1 atom stereocenters. The maximum atomic E-state index is 12.9. The lowest BCUT2D eigenvalue weighted by Crippen LogP contribution is -2.30. The van der Waals surface area contributed by atoms with E-state index >= 15 is 0 Å². The number of nitrogens with one attached hydrogen (secondary N) is 1. The van der Waals surface area contributed by atoms with E-state index in [0.717, 1.165) is 12.8 Å². The highest BCUT2D eigenvalue weighted by molar-refractivity contribution is 7.89. The SMILES string of the molecule is CC(=O)Nc1ccc(S(=O)(=O)N2CCC[C@@H]2c2cc(C)on2)cc1. The summed E-state index contributed by atoms with van der Waals surface area (Å²) in [5.41, 5.74) is 1.20. The summed E-state index contributed by atoms with van der Waals surface area (Å²) in [5, 5.41) is 6.59. The topological polar surface area (TPSA) is 92.5 Å². The van der Waals surface area contributed by atoms with Gasteiger partial charge in [0.25, 0.3) is 0 Å². The molecule has 0 radical (unpaired) electrons. The van der Waals surface area contributed by atoms with Crippen molar-refractivity contribution in [2.24, 2.45) is 0 Å². The van der Waals surface area contributed by atoms with Crippen LogP contribution in [0.3, 0.4) is 0 Å². The molecule has 0 bridgehead atoms. The van der Waals surface area contributed by atoms with Gasteiger partial charge in [-0.15, -0.1) is 0 Å². The van der Waals surface area contributed by atoms with E-state index in [2.05, 4.69) is 10.5 Å². The molecule has 0 spiro atoms. The van der Waals surface area contributed by atoms with Gasteiger partial charge in [0.05, 0.1) is 10.9 Å². The number of hydrogen-bond acceptors (Lipinski definition) is 5. The lowest BCUT2D eigenvalue weighted by molar-refractivity contribution is -0.114. The standard InChI is InChI=1S/C16H19N3O4S/c1-11-10-15(18-23-11)16-4-3-9-19(16)24(21,22)14-7-5-13(6-8-14)17-12(2)20/h5-8,10,16H,3-4,9H2,1-2H3,(H,17,20)/t16-/m1/s1. The number of sulfonamides is 1. The molecule has 1 aliphatic rings. The molecule has 128 valence electrons. The van der Waals surface area contributed by atoms with Crippen molar-refractivity contribution >= 4 is 21.6 Å². The Morgan fingerprint density at radius 3 is 2.62 bits per heavy atom. The fraction of sp³-hybridized carbons (Fsp3) is 0.375. The smallest absolute Gasteiger partial charge is 0.243 e. The fourth-order valence-corrected chi connectivity index (χ4v) is 4.58. The first kappa shape index (κ1) is 16.7. The van der Waals surface area contributed by atoms with E-state index in [-0.39, 0.29) is 16.8 Å². The van der Waals surface area contributed by atoms with E-state index in [1.807, 2.05) is 0 Å². The first-order valence-electron chi connectivity index (χ1n) is 7.70. The van der Waals surface area contributed by atoms with Crippen molar-refractivity contribution in [2.45, 2.75) is 37.6 Å². The summed E-state index contributed by atoms with van der Waals surface area (Å²) >= 11 is 0. The average molecular weight is 349 g/mol. The average Bonchev–Trinajstić information content (AvgIpc) is 3.15. The molecule has 24 heavy (non-hydrogen) atoms. The van der Waals surface area contributed by atoms with Crippen LogP contribution < -0.4 is 5.32 Å². The molecule has 2 heterocycles. The highest BCUT2D eigenvalue weighted by atomic mass is 32.2. The Hall–Kier alpha value is -2.19. The molecule has 2 aromatic rings. The van der Waals surface area contributed by atoms with Crippen LogP contribution in [0.1, 0.15) is 37.3 Å². The quantitative estimate of drug-likeness (QED) is 0.915. The third-order valence-corrected chi connectivity index (χ3v) is 5.89. The molecule has 1 aliphatic heterocycles. The van der Waals surface area contributed by atoms with Crippen LogP contribution in [0.15, 0.2) is 39.8 Å². The van der Waals surface area contributed by atoms with Crippen LogP contribution in [0.4, 0.5) is 5.69 Å². The molecule has 7 nitrogen and oxygen atoms in total. The normalized spacial score (nSPS) is 18.7. The van der Waals surface area contributed by atoms with Gasteiger partial charge in [0, 0.05) is 25.2 Å². The Morgan fingerprint density at radius 1 is 1.33 bits per heavy atom. The van der Waals surface area contributed by atoms with Crippen molar-refractivity contribution in [3.8, 4) is 0 Å². The van der Waals surface area contributed by atoms with Crippen molar-refractivity contribution in [1.82, 2.24) is 9.46 Å². The number of rotatable bonds is 4. The van der Waals surface area contributed by atoms with Crippen molar-refractivity contribution in [1.29, 1.82) is 0 Å². The van der Waals surface area contributed by atoms with Gasteiger partial charge in [-0.05, 0) is 44.0 Å². The maximum Gasteiger partial charge on any atom is 0.243 e. The van der Waals surface area contributed by atoms with Crippen LogP contribution in [-0.4, -0.2) is 30.3 Å². The largest absolute Gasteiger partial charge is 0.361 e. The van der Waals surface area contributed by atoms with E-state index in [1.54, 1.807) is 25.1 Å². The van der Waals surface area contributed by atoms with Gasteiger partial charge in [0.1, 0.15) is 11.5 Å². The van der Waals surface area contributed by atoms with Gasteiger partial charge in [-0.3, -0.25) is 4.79 Å². The van der Waals surface area contributed by atoms with Crippen molar-refractivity contribution in [3.63, 3.8) is 0 Å². The molecule has 0 unspecified atom stereocenters. The summed E-state index contributed by atoms with van der Waals surface area (Å²) in [6.07, 6.45) is 1.49. The summed E-state index contributed by atoms with van der Waals surface area (Å²) in [6.45, 7) is 3.64. The predicted octanol–water partition coefficient (Wildman–Crippen LogP) is 2.47. The molecule has 1 aromatic heterocycles. The van der Waals surface area contributed by atoms with E-state index in [9.17, 15) is 13.2 Å². The third kappa shape index (κ3) is 3.20. The Kier molecular flexibility index (Phi) is 4.42. The molecular weight excluding hydrogens is 330 g/mol. The lowest BCUT2D eigenvalue weighted by Gasteiger charge is -2.22. The molecule has 1 amide bonds. The number of hydrogen-bond donors (Lipinski definition) is 1. The van der Waals surface area contributed by atoms with E-state index in [4.69, 9.17) is 4.52 Å². The number of carbonyl (C=O) groups is 1. The zero-order valence-corrected chi connectivity index (χ0v) is 14.3. The highest BCUT2D eigenvalue weighted by Crippen LogP contribution is 2.36. The number of amides is 1. The number of carbonyl (C=O) groups excluding carboxylic acids is 1. The summed E-state index contributed by atoms with van der Waals surface area (Å²) in [5.74, 6) is 0.459. The molecule has 0 aliphatic carbocycles. The molecule has 1 fully saturated rings. The Balaban J connectivity index is 1.87. The van der Waals surface area contributed by atoms with E-state index in [0.29, 0.717) is 23.7 Å². The summed E-state index contributed by atoms with van der Waals surface area (Å²) in [7, 11) is -3.63. The first-order valence-corrected chi connectivity index (χ1v) is 9.14. The van der Waals surface area contributed by atoms with Gasteiger partial charge in [-0.1, -0.05) is 5.16 Å². The van der Waals surface area contributed by atoms with Gasteiger partial charge in [0.15, 0.2) is 0 Å². The summed E-state index contributed by atoms with van der Waals surface area (Å²) < 4.78 is 32.4. The van der Waals surface area contributed by atoms with E-state index < -0.39 is 10.0 Å². The second kappa shape index (κ2) is 6.37. The zero-order chi connectivity index (χ0) is 17.3. The number of nitrogens with zero attached hydrogens (tertiary/aromatic N) is 2. The van der Waals surface area contributed by atoms with Crippen molar-refractivity contribution in [3.05, 3.63) is 41.8 Å². The zero-order valence-electron chi connectivity index (χ0n) is 13.5. The number of aromatic nitrogens is 1. The van der Waals surface area contributed by atoms with E-state index in [1.165, 1.54) is 23.4 Å². The number of aryl methyl sites for hydroxylation is 1. The van der Waals surface area contributed by atoms with Crippen molar-refractivity contribution < 1.29 is 17.7 Å². The van der Waals surface area contributed by atoms with Crippen LogP contribution >= 0.6 is 0 Å². The van der Waals surface area contributed by atoms with Gasteiger partial charge in [0.2, 0.25) is 15.9 Å². The molecular formula is C16H19N3O4S. The summed E-state index contributed by atoms with van der Waals surface area (Å²) in [6, 6.07) is 7.65. The van der Waals surface area contributed by atoms with Gasteiger partial charge in [-0.25, -0.2) is 8.42 Å². The van der Waals surface area contributed by atoms with Crippen LogP contribution in [0, 0.1) is 6.92 Å². The monoisotopic (exact) mass is 349 g/mol. The Bertz CT molecular complexity index is 842. The molecule has 3 rings (SSSR count). The summed E-state index contributed by atoms with van der Waals surface area (Å²) in [4.78, 5) is 11.3. The first-order chi connectivity index (χ1) is 11.4. The second-order valence-electron chi connectivity index (χ2n) is 5.84. The van der Waals surface area contributed by atoms with Crippen LogP contribution in [0.2, 0.25) is 0 Å². The van der Waals surface area contributed by atoms with Crippen molar-refractivity contribution in [2.75, 3.05) is 11.9 Å².